The number of rotatable bonds is 4. The van der Waals surface area contributed by atoms with Gasteiger partial charge in [-0.3, -0.25) is 4.79 Å². The molecule has 0 unspecified atom stereocenters. The van der Waals surface area contributed by atoms with Gasteiger partial charge in [-0.25, -0.2) is 5.43 Å². The SMILES string of the molecule is Cn1c(-c2ccccc2)c(C=NNC(=O)c2cc3c(s2)CCCC3)c2ccccc21. The number of nitrogens with zero attached hydrogens (tertiary/aromatic N) is 2. The summed E-state index contributed by atoms with van der Waals surface area (Å²) in [5, 5.41) is 5.46. The second kappa shape index (κ2) is 7.92. The summed E-state index contributed by atoms with van der Waals surface area (Å²) in [6.07, 6.45) is 6.38. The minimum Gasteiger partial charge on any atom is -0.343 e. The van der Waals surface area contributed by atoms with E-state index in [1.807, 2.05) is 36.4 Å². The Bertz CT molecular complexity index is 1230. The highest BCUT2D eigenvalue weighted by atomic mass is 32.1. The average Bonchev–Trinajstić information content (AvgIpc) is 3.34. The molecular weight excluding hydrogens is 390 g/mol. The fraction of sp³-hybridized carbons (Fsp3) is 0.200. The van der Waals surface area contributed by atoms with Crippen LogP contribution in [0.3, 0.4) is 0 Å². The number of nitrogens with one attached hydrogen (secondary N) is 1. The standard InChI is InChI=1S/C25H23N3OS/c1-28-21-13-7-6-12-19(21)20(24(28)17-9-3-2-4-10-17)16-26-27-25(29)23-15-18-11-5-8-14-22(18)30-23/h2-4,6-7,9-10,12-13,15-16H,5,8,11,14H2,1H3,(H,27,29). The number of aryl methyl sites for hydroxylation is 3. The molecule has 0 bridgehead atoms. The first-order valence-corrected chi connectivity index (χ1v) is 11.1. The maximum atomic E-state index is 12.7. The third-order valence-corrected chi connectivity index (χ3v) is 7.01. The van der Waals surface area contributed by atoms with Crippen LogP contribution in [0.1, 0.15) is 38.5 Å². The van der Waals surface area contributed by atoms with Crippen molar-refractivity contribution in [3.8, 4) is 11.3 Å². The molecule has 1 amide bonds. The first-order chi connectivity index (χ1) is 14.7. The summed E-state index contributed by atoms with van der Waals surface area (Å²) in [4.78, 5) is 14.8. The summed E-state index contributed by atoms with van der Waals surface area (Å²) in [7, 11) is 2.07. The highest BCUT2D eigenvalue weighted by molar-refractivity contribution is 7.14. The maximum absolute atomic E-state index is 12.7. The lowest BCUT2D eigenvalue weighted by Gasteiger charge is -2.08. The number of para-hydroxylation sites is 1. The van der Waals surface area contributed by atoms with Crippen molar-refractivity contribution in [1.82, 2.24) is 9.99 Å². The molecule has 0 spiro atoms. The number of aromatic nitrogens is 1. The third kappa shape index (κ3) is 3.35. The number of hydrogen-bond acceptors (Lipinski definition) is 3. The van der Waals surface area contributed by atoms with Crippen molar-refractivity contribution >= 4 is 34.4 Å². The fourth-order valence-electron chi connectivity index (χ4n) is 4.31. The van der Waals surface area contributed by atoms with E-state index in [1.54, 1.807) is 17.6 Å². The van der Waals surface area contributed by atoms with Crippen molar-refractivity contribution in [2.45, 2.75) is 25.7 Å². The van der Waals surface area contributed by atoms with Gasteiger partial charge in [0.25, 0.3) is 5.91 Å². The van der Waals surface area contributed by atoms with Crippen molar-refractivity contribution in [3.05, 3.63) is 81.5 Å². The summed E-state index contributed by atoms with van der Waals surface area (Å²) in [5.74, 6) is -0.132. The normalized spacial score (nSPS) is 13.6. The number of thiophene rings is 1. The lowest BCUT2D eigenvalue weighted by Crippen LogP contribution is -2.16. The van der Waals surface area contributed by atoms with Crippen molar-refractivity contribution in [1.29, 1.82) is 0 Å². The van der Waals surface area contributed by atoms with Crippen LogP contribution in [0.25, 0.3) is 22.2 Å². The van der Waals surface area contributed by atoms with Crippen LogP contribution < -0.4 is 5.43 Å². The molecule has 150 valence electrons. The average molecular weight is 414 g/mol. The van der Waals surface area contributed by atoms with E-state index in [2.05, 4.69) is 46.4 Å². The molecule has 0 aliphatic heterocycles. The van der Waals surface area contributed by atoms with Crippen LogP contribution in [0, 0.1) is 0 Å². The van der Waals surface area contributed by atoms with Gasteiger partial charge in [0.15, 0.2) is 0 Å². The van der Waals surface area contributed by atoms with Crippen LogP contribution in [0.4, 0.5) is 0 Å². The van der Waals surface area contributed by atoms with E-state index >= 15 is 0 Å². The third-order valence-electron chi connectivity index (χ3n) is 5.77. The van der Waals surface area contributed by atoms with Crippen molar-refractivity contribution in [2.24, 2.45) is 12.1 Å². The van der Waals surface area contributed by atoms with Crippen molar-refractivity contribution in [2.75, 3.05) is 0 Å². The topological polar surface area (TPSA) is 46.4 Å². The van der Waals surface area contributed by atoms with Gasteiger partial charge >= 0.3 is 0 Å². The lowest BCUT2D eigenvalue weighted by atomic mass is 9.99. The highest BCUT2D eigenvalue weighted by Crippen LogP contribution is 2.32. The number of carbonyl (C=O) groups is 1. The molecule has 0 fully saturated rings. The molecule has 0 atom stereocenters. The van der Waals surface area contributed by atoms with Crippen LogP contribution in [0.5, 0.6) is 0 Å². The summed E-state index contributed by atoms with van der Waals surface area (Å²) in [5.41, 5.74) is 8.42. The minimum absolute atomic E-state index is 0.132. The molecule has 0 saturated heterocycles. The van der Waals surface area contributed by atoms with Crippen molar-refractivity contribution in [3.63, 3.8) is 0 Å². The number of hydrazone groups is 1. The quantitative estimate of drug-likeness (QED) is 0.346. The Labute approximate surface area is 179 Å². The summed E-state index contributed by atoms with van der Waals surface area (Å²) >= 11 is 1.61. The number of amides is 1. The van der Waals surface area contributed by atoms with Gasteiger partial charge in [-0.1, -0.05) is 48.5 Å². The Kier molecular flexibility index (Phi) is 4.97. The molecule has 1 aliphatic rings. The summed E-state index contributed by atoms with van der Waals surface area (Å²) in [6, 6.07) is 20.6. The molecule has 0 radical (unpaired) electrons. The molecule has 2 aromatic carbocycles. The Morgan fingerprint density at radius 1 is 1.07 bits per heavy atom. The van der Waals surface area contributed by atoms with Gasteiger partial charge in [-0.15, -0.1) is 11.3 Å². The van der Waals surface area contributed by atoms with Gasteiger partial charge in [0.1, 0.15) is 0 Å². The van der Waals surface area contributed by atoms with E-state index in [0.717, 1.165) is 45.4 Å². The largest absolute Gasteiger partial charge is 0.343 e. The fourth-order valence-corrected chi connectivity index (χ4v) is 5.45. The summed E-state index contributed by atoms with van der Waals surface area (Å²) in [6.45, 7) is 0. The van der Waals surface area contributed by atoms with Crippen LogP contribution in [0.15, 0.2) is 65.8 Å². The van der Waals surface area contributed by atoms with Crippen LogP contribution in [-0.4, -0.2) is 16.7 Å². The number of fused-ring (bicyclic) bond motifs is 2. The zero-order chi connectivity index (χ0) is 20.5. The van der Waals surface area contributed by atoms with E-state index in [1.165, 1.54) is 23.3 Å². The van der Waals surface area contributed by atoms with Gasteiger partial charge in [-0.2, -0.15) is 5.10 Å². The van der Waals surface area contributed by atoms with Gasteiger partial charge in [-0.05, 0) is 48.9 Å². The highest BCUT2D eigenvalue weighted by Gasteiger charge is 2.18. The monoisotopic (exact) mass is 413 g/mol. The molecule has 0 saturated carbocycles. The molecule has 4 aromatic rings. The molecule has 5 heteroatoms. The van der Waals surface area contributed by atoms with Crippen molar-refractivity contribution < 1.29 is 4.79 Å². The predicted molar refractivity (Wildman–Crippen MR) is 124 cm³/mol. The number of hydrogen-bond donors (Lipinski definition) is 1. The Morgan fingerprint density at radius 3 is 2.67 bits per heavy atom. The second-order valence-corrected chi connectivity index (χ2v) is 8.81. The van der Waals surface area contributed by atoms with E-state index in [-0.39, 0.29) is 5.91 Å². The smallest absolute Gasteiger partial charge is 0.281 e. The van der Waals surface area contributed by atoms with E-state index < -0.39 is 0 Å². The van der Waals surface area contributed by atoms with Crippen LogP contribution in [0.2, 0.25) is 0 Å². The molecule has 4 nitrogen and oxygen atoms in total. The van der Waals surface area contributed by atoms with E-state index in [9.17, 15) is 4.79 Å². The van der Waals surface area contributed by atoms with Gasteiger partial charge in [0.2, 0.25) is 0 Å². The Balaban J connectivity index is 1.47. The Hall–Kier alpha value is -3.18. The van der Waals surface area contributed by atoms with Gasteiger partial charge in [0, 0.05) is 28.4 Å². The Morgan fingerprint density at radius 2 is 1.83 bits per heavy atom. The number of benzene rings is 2. The van der Waals surface area contributed by atoms with Crippen LogP contribution in [-0.2, 0) is 19.9 Å². The minimum atomic E-state index is -0.132. The lowest BCUT2D eigenvalue weighted by molar-refractivity contribution is 0.0959. The molecule has 1 aliphatic carbocycles. The van der Waals surface area contributed by atoms with Crippen LogP contribution >= 0.6 is 11.3 Å². The van der Waals surface area contributed by atoms with Gasteiger partial charge < -0.3 is 4.57 Å². The predicted octanol–water partition coefficient (Wildman–Crippen LogP) is 5.55. The molecule has 2 aromatic heterocycles. The molecule has 5 rings (SSSR count). The zero-order valence-corrected chi connectivity index (χ0v) is 17.7. The molecule has 30 heavy (non-hydrogen) atoms. The molecule has 1 N–H and O–H groups in total. The molecule has 2 heterocycles. The maximum Gasteiger partial charge on any atom is 0.281 e. The van der Waals surface area contributed by atoms with Gasteiger partial charge in [0.05, 0.1) is 16.8 Å². The van der Waals surface area contributed by atoms with E-state index in [4.69, 9.17) is 0 Å². The second-order valence-electron chi connectivity index (χ2n) is 7.67. The molecular formula is C25H23N3OS. The zero-order valence-electron chi connectivity index (χ0n) is 16.9. The first kappa shape index (κ1) is 18.8. The first-order valence-electron chi connectivity index (χ1n) is 10.3. The summed E-state index contributed by atoms with van der Waals surface area (Å²) < 4.78 is 2.18. The number of carbonyl (C=O) groups excluding carboxylic acids is 1. The van der Waals surface area contributed by atoms with E-state index in [0.29, 0.717) is 0 Å².